The molecule has 0 atom stereocenters. The monoisotopic (exact) mass is 317 g/mol. The maximum Gasteiger partial charge on any atom is 0.416 e. The SMILES string of the molecule is CN(C)C(=O)Oc1nsnc1-c1cccc(Cl)c1Cl. The van der Waals surface area contributed by atoms with Crippen molar-refractivity contribution < 1.29 is 9.53 Å². The van der Waals surface area contributed by atoms with Gasteiger partial charge in [-0.05, 0) is 6.07 Å². The fourth-order valence-electron chi connectivity index (χ4n) is 1.27. The molecule has 0 aliphatic heterocycles. The Balaban J connectivity index is 2.39. The van der Waals surface area contributed by atoms with E-state index < -0.39 is 6.09 Å². The first-order valence-electron chi connectivity index (χ1n) is 5.16. The highest BCUT2D eigenvalue weighted by Gasteiger charge is 2.19. The van der Waals surface area contributed by atoms with E-state index in [9.17, 15) is 4.79 Å². The van der Waals surface area contributed by atoms with Gasteiger partial charge in [0.25, 0.3) is 5.88 Å². The molecule has 8 heteroatoms. The molecule has 0 N–H and O–H groups in total. The molecule has 1 aromatic carbocycles. The van der Waals surface area contributed by atoms with Gasteiger partial charge in [0.15, 0.2) is 0 Å². The summed E-state index contributed by atoms with van der Waals surface area (Å²) in [6.07, 6.45) is -0.535. The minimum Gasteiger partial charge on any atom is -0.388 e. The van der Waals surface area contributed by atoms with Crippen molar-refractivity contribution in [1.82, 2.24) is 13.6 Å². The van der Waals surface area contributed by atoms with Crippen LogP contribution in [0.5, 0.6) is 5.88 Å². The van der Waals surface area contributed by atoms with Crippen molar-refractivity contribution >= 4 is 41.0 Å². The molecule has 100 valence electrons. The number of nitrogens with zero attached hydrogens (tertiary/aromatic N) is 3. The Kier molecular flexibility index (Phi) is 4.24. The van der Waals surface area contributed by atoms with Crippen LogP contribution >= 0.6 is 34.9 Å². The van der Waals surface area contributed by atoms with E-state index in [0.29, 0.717) is 21.3 Å². The first kappa shape index (κ1) is 14.0. The lowest BCUT2D eigenvalue weighted by atomic mass is 10.1. The maximum absolute atomic E-state index is 11.5. The highest BCUT2D eigenvalue weighted by Crippen LogP contribution is 2.36. The zero-order chi connectivity index (χ0) is 14.0. The molecule has 0 fully saturated rings. The van der Waals surface area contributed by atoms with E-state index in [1.807, 2.05) is 0 Å². The van der Waals surface area contributed by atoms with Crippen LogP contribution in [0.1, 0.15) is 0 Å². The molecule has 1 heterocycles. The smallest absolute Gasteiger partial charge is 0.388 e. The van der Waals surface area contributed by atoms with E-state index in [1.165, 1.54) is 4.90 Å². The Labute approximate surface area is 124 Å². The number of benzene rings is 1. The minimum absolute atomic E-state index is 0.118. The summed E-state index contributed by atoms with van der Waals surface area (Å²) >= 11 is 13.0. The molecular weight excluding hydrogens is 309 g/mol. The fraction of sp³-hybridized carbons (Fsp3) is 0.182. The molecule has 5 nitrogen and oxygen atoms in total. The van der Waals surface area contributed by atoms with Crippen LogP contribution in [0.15, 0.2) is 18.2 Å². The Morgan fingerprint density at radius 2 is 2.05 bits per heavy atom. The van der Waals surface area contributed by atoms with Gasteiger partial charge >= 0.3 is 6.09 Å². The Bertz CT molecular complexity index is 616. The topological polar surface area (TPSA) is 55.3 Å². The van der Waals surface area contributed by atoms with Gasteiger partial charge in [0.05, 0.1) is 21.8 Å². The highest BCUT2D eigenvalue weighted by atomic mass is 35.5. The van der Waals surface area contributed by atoms with Gasteiger partial charge < -0.3 is 9.64 Å². The highest BCUT2D eigenvalue weighted by molar-refractivity contribution is 6.99. The number of ether oxygens (including phenoxy) is 1. The number of halogens is 2. The van der Waals surface area contributed by atoms with Crippen molar-refractivity contribution in [3.63, 3.8) is 0 Å². The van der Waals surface area contributed by atoms with Gasteiger partial charge in [0.2, 0.25) is 0 Å². The van der Waals surface area contributed by atoms with Crippen LogP contribution in [0.25, 0.3) is 11.3 Å². The molecule has 2 aromatic rings. The van der Waals surface area contributed by atoms with Gasteiger partial charge in [-0.15, -0.1) is 4.37 Å². The standard InChI is InChI=1S/C11H9Cl2N3O2S/c1-16(2)11(17)18-10-9(14-19-15-10)6-4-3-5-7(12)8(6)13/h3-5H,1-2H3. The average Bonchev–Trinajstić information content (AvgIpc) is 2.80. The van der Waals surface area contributed by atoms with Gasteiger partial charge in [0, 0.05) is 19.7 Å². The lowest BCUT2D eigenvalue weighted by molar-refractivity contribution is 0.170. The third-order valence-corrected chi connectivity index (χ3v) is 3.54. The minimum atomic E-state index is -0.535. The summed E-state index contributed by atoms with van der Waals surface area (Å²) in [5.74, 6) is 0.118. The summed E-state index contributed by atoms with van der Waals surface area (Å²) in [4.78, 5) is 12.8. The van der Waals surface area contributed by atoms with Gasteiger partial charge in [-0.2, -0.15) is 4.37 Å². The Hall–Kier alpha value is -1.37. The lowest BCUT2D eigenvalue weighted by Crippen LogP contribution is -2.25. The summed E-state index contributed by atoms with van der Waals surface area (Å²) in [5.41, 5.74) is 0.970. The number of amides is 1. The second-order valence-electron chi connectivity index (χ2n) is 3.78. The summed E-state index contributed by atoms with van der Waals surface area (Å²) in [7, 11) is 3.16. The van der Waals surface area contributed by atoms with Crippen LogP contribution in [0.4, 0.5) is 4.79 Å². The molecule has 1 amide bonds. The van der Waals surface area contributed by atoms with Crippen LogP contribution < -0.4 is 4.74 Å². The lowest BCUT2D eigenvalue weighted by Gasteiger charge is -2.10. The van der Waals surface area contributed by atoms with Gasteiger partial charge in [-0.3, -0.25) is 0 Å². The molecule has 0 radical (unpaired) electrons. The Morgan fingerprint density at radius 3 is 2.74 bits per heavy atom. The zero-order valence-electron chi connectivity index (χ0n) is 10.1. The zero-order valence-corrected chi connectivity index (χ0v) is 12.4. The third kappa shape index (κ3) is 2.97. The number of rotatable bonds is 2. The summed E-state index contributed by atoms with van der Waals surface area (Å²) in [6, 6.07) is 5.14. The molecule has 1 aromatic heterocycles. The van der Waals surface area contributed by atoms with Gasteiger partial charge in [0.1, 0.15) is 5.69 Å². The second kappa shape index (κ2) is 5.73. The van der Waals surface area contributed by atoms with Crippen molar-refractivity contribution in [1.29, 1.82) is 0 Å². The van der Waals surface area contributed by atoms with Gasteiger partial charge in [-0.1, -0.05) is 35.3 Å². The fourth-order valence-corrected chi connectivity index (χ4v) is 2.16. The first-order chi connectivity index (χ1) is 9.00. The molecule has 0 bridgehead atoms. The van der Waals surface area contributed by atoms with Crippen molar-refractivity contribution in [3.8, 4) is 17.1 Å². The predicted molar refractivity (Wildman–Crippen MR) is 75.1 cm³/mol. The van der Waals surface area contributed by atoms with Crippen molar-refractivity contribution in [2.75, 3.05) is 14.1 Å². The summed E-state index contributed by atoms with van der Waals surface area (Å²) < 4.78 is 13.2. The first-order valence-corrected chi connectivity index (χ1v) is 6.65. The second-order valence-corrected chi connectivity index (χ2v) is 5.10. The van der Waals surface area contributed by atoms with E-state index >= 15 is 0 Å². The molecule has 2 rings (SSSR count). The number of carbonyl (C=O) groups excluding carboxylic acids is 1. The molecular formula is C11H9Cl2N3O2S. The van der Waals surface area contributed by atoms with Crippen molar-refractivity contribution in [3.05, 3.63) is 28.2 Å². The van der Waals surface area contributed by atoms with E-state index in [0.717, 1.165) is 11.7 Å². The third-order valence-electron chi connectivity index (χ3n) is 2.21. The Morgan fingerprint density at radius 1 is 1.32 bits per heavy atom. The molecule has 0 saturated carbocycles. The largest absolute Gasteiger partial charge is 0.416 e. The predicted octanol–water partition coefficient (Wildman–Crippen LogP) is 3.57. The summed E-state index contributed by atoms with van der Waals surface area (Å²) in [5, 5.41) is 0.746. The average molecular weight is 318 g/mol. The van der Waals surface area contributed by atoms with Crippen molar-refractivity contribution in [2.24, 2.45) is 0 Å². The van der Waals surface area contributed by atoms with Gasteiger partial charge in [-0.25, -0.2) is 4.79 Å². The van der Waals surface area contributed by atoms with Crippen LogP contribution in [0, 0.1) is 0 Å². The maximum atomic E-state index is 11.5. The van der Waals surface area contributed by atoms with Crippen LogP contribution in [0.2, 0.25) is 10.0 Å². The quantitative estimate of drug-likeness (QED) is 0.849. The summed E-state index contributed by atoms with van der Waals surface area (Å²) in [6.45, 7) is 0. The normalized spacial score (nSPS) is 10.3. The van der Waals surface area contributed by atoms with E-state index in [-0.39, 0.29) is 5.88 Å². The van der Waals surface area contributed by atoms with Crippen LogP contribution in [-0.2, 0) is 0 Å². The molecule has 19 heavy (non-hydrogen) atoms. The van der Waals surface area contributed by atoms with E-state index in [4.69, 9.17) is 27.9 Å². The number of carbonyl (C=O) groups is 1. The van der Waals surface area contributed by atoms with Crippen LogP contribution in [-0.4, -0.2) is 33.8 Å². The van der Waals surface area contributed by atoms with Crippen LogP contribution in [0.3, 0.4) is 0 Å². The number of hydrogen-bond donors (Lipinski definition) is 0. The molecule has 0 aliphatic rings. The molecule has 0 aliphatic carbocycles. The molecule has 0 unspecified atom stereocenters. The van der Waals surface area contributed by atoms with Crippen molar-refractivity contribution in [2.45, 2.75) is 0 Å². The molecule has 0 saturated heterocycles. The molecule has 0 spiro atoms. The number of hydrogen-bond acceptors (Lipinski definition) is 5. The van der Waals surface area contributed by atoms with E-state index in [1.54, 1.807) is 32.3 Å². The number of aromatic nitrogens is 2. The van der Waals surface area contributed by atoms with E-state index in [2.05, 4.69) is 8.75 Å².